The van der Waals surface area contributed by atoms with Crippen LogP contribution in [-0.4, -0.2) is 57.3 Å². The van der Waals surface area contributed by atoms with Gasteiger partial charge in [-0.25, -0.2) is 0 Å². The zero-order valence-corrected chi connectivity index (χ0v) is 10.6. The van der Waals surface area contributed by atoms with E-state index in [0.717, 1.165) is 4.90 Å². The number of carbonyl (C=O) groups is 1. The molecule has 0 radical (unpaired) electrons. The van der Waals surface area contributed by atoms with Crippen molar-refractivity contribution in [1.82, 2.24) is 10.3 Å². The van der Waals surface area contributed by atoms with E-state index in [4.69, 9.17) is 15.3 Å². The molecule has 1 heterocycles. The average Bonchev–Trinajstić information content (AvgIpc) is 2.44. The fraction of sp³-hybridized carbons (Fsp3) is 0.455. The predicted octanol–water partition coefficient (Wildman–Crippen LogP) is -0.994. The molecule has 0 spiro atoms. The van der Waals surface area contributed by atoms with Gasteiger partial charge in [-0.05, 0) is 12.1 Å². The first-order chi connectivity index (χ1) is 8.65. The summed E-state index contributed by atoms with van der Waals surface area (Å²) in [5.41, 5.74) is -1.37. The smallest absolute Gasteiger partial charge is 0.231 e. The van der Waals surface area contributed by atoms with Crippen molar-refractivity contribution in [1.29, 1.82) is 0 Å². The Kier molecular flexibility index (Phi) is 6.06. The van der Waals surface area contributed by atoms with Gasteiger partial charge in [0.2, 0.25) is 5.91 Å². The molecule has 0 aliphatic rings. The van der Waals surface area contributed by atoms with Crippen LogP contribution in [0.4, 0.5) is 0 Å². The van der Waals surface area contributed by atoms with Gasteiger partial charge in [0.25, 0.3) is 0 Å². The van der Waals surface area contributed by atoms with Crippen molar-refractivity contribution in [2.45, 2.75) is 10.4 Å². The van der Waals surface area contributed by atoms with E-state index in [9.17, 15) is 4.79 Å². The fourth-order valence-electron chi connectivity index (χ4n) is 1.18. The lowest BCUT2D eigenvalue weighted by molar-refractivity contribution is -0.122. The van der Waals surface area contributed by atoms with E-state index in [-0.39, 0.29) is 11.7 Å². The van der Waals surface area contributed by atoms with Gasteiger partial charge in [-0.3, -0.25) is 9.78 Å². The third kappa shape index (κ3) is 4.26. The number of aliphatic hydroxyl groups excluding tert-OH is 3. The highest BCUT2D eigenvalue weighted by Gasteiger charge is 2.29. The van der Waals surface area contributed by atoms with Gasteiger partial charge in [-0.2, -0.15) is 0 Å². The van der Waals surface area contributed by atoms with Crippen LogP contribution in [0.3, 0.4) is 0 Å². The van der Waals surface area contributed by atoms with Gasteiger partial charge in [-0.15, -0.1) is 11.8 Å². The fourth-order valence-corrected chi connectivity index (χ4v) is 1.87. The highest BCUT2D eigenvalue weighted by atomic mass is 32.2. The van der Waals surface area contributed by atoms with E-state index in [1.807, 2.05) is 0 Å². The predicted molar refractivity (Wildman–Crippen MR) is 67.1 cm³/mol. The van der Waals surface area contributed by atoms with Crippen molar-refractivity contribution >= 4 is 17.7 Å². The molecule has 0 aromatic carbocycles. The molecular weight excluding hydrogens is 256 g/mol. The van der Waals surface area contributed by atoms with Crippen LogP contribution in [0.15, 0.2) is 29.4 Å². The summed E-state index contributed by atoms with van der Waals surface area (Å²) >= 11 is 1.30. The molecule has 0 saturated carbocycles. The van der Waals surface area contributed by atoms with Gasteiger partial charge in [0.05, 0.1) is 25.6 Å². The molecular formula is C11H16N2O4S. The van der Waals surface area contributed by atoms with E-state index >= 15 is 0 Å². The zero-order valence-electron chi connectivity index (χ0n) is 9.74. The third-order valence-electron chi connectivity index (χ3n) is 2.33. The minimum Gasteiger partial charge on any atom is -0.394 e. The molecule has 7 heteroatoms. The summed E-state index contributed by atoms with van der Waals surface area (Å²) < 4.78 is 0. The Bertz CT molecular complexity index is 362. The summed E-state index contributed by atoms with van der Waals surface area (Å²) in [6.07, 6.45) is 3.25. The molecule has 4 N–H and O–H groups in total. The van der Waals surface area contributed by atoms with Crippen LogP contribution in [0.5, 0.6) is 0 Å². The lowest BCUT2D eigenvalue weighted by Gasteiger charge is -2.28. The maximum atomic E-state index is 11.6. The van der Waals surface area contributed by atoms with Gasteiger partial charge in [-0.1, -0.05) is 0 Å². The SMILES string of the molecule is O=C(CSc1ccncc1)NC(CO)(CO)CO. The van der Waals surface area contributed by atoms with Crippen molar-refractivity contribution in [2.75, 3.05) is 25.6 Å². The topological polar surface area (TPSA) is 103 Å². The first-order valence-corrected chi connectivity index (χ1v) is 6.31. The summed E-state index contributed by atoms with van der Waals surface area (Å²) in [7, 11) is 0. The number of nitrogens with zero attached hydrogens (tertiary/aromatic N) is 1. The molecule has 0 atom stereocenters. The summed E-state index contributed by atoms with van der Waals surface area (Å²) in [5, 5.41) is 29.6. The second kappa shape index (κ2) is 7.32. The van der Waals surface area contributed by atoms with E-state index in [0.29, 0.717) is 0 Å². The van der Waals surface area contributed by atoms with Crippen molar-refractivity contribution < 1.29 is 20.1 Å². The summed E-state index contributed by atoms with van der Waals surface area (Å²) in [6.45, 7) is -1.57. The second-order valence-corrected chi connectivity index (χ2v) is 4.82. The molecule has 100 valence electrons. The third-order valence-corrected chi connectivity index (χ3v) is 3.34. The maximum absolute atomic E-state index is 11.6. The normalized spacial score (nSPS) is 11.3. The number of nitrogens with one attached hydrogen (secondary N) is 1. The average molecular weight is 272 g/mol. The van der Waals surface area contributed by atoms with E-state index < -0.39 is 25.4 Å². The monoisotopic (exact) mass is 272 g/mol. The molecule has 1 amide bonds. The van der Waals surface area contributed by atoms with Gasteiger partial charge in [0, 0.05) is 17.3 Å². The van der Waals surface area contributed by atoms with Crippen LogP contribution < -0.4 is 5.32 Å². The van der Waals surface area contributed by atoms with Crippen LogP contribution in [0.25, 0.3) is 0 Å². The number of hydrogen-bond acceptors (Lipinski definition) is 6. The van der Waals surface area contributed by atoms with Crippen LogP contribution in [0.1, 0.15) is 0 Å². The number of rotatable bonds is 7. The molecule has 0 bridgehead atoms. The molecule has 1 rings (SSSR count). The first kappa shape index (κ1) is 14.9. The van der Waals surface area contributed by atoms with Gasteiger partial charge < -0.3 is 20.6 Å². The minimum atomic E-state index is -1.37. The number of aromatic nitrogens is 1. The van der Waals surface area contributed by atoms with Crippen molar-refractivity contribution in [3.05, 3.63) is 24.5 Å². The maximum Gasteiger partial charge on any atom is 0.231 e. The largest absolute Gasteiger partial charge is 0.394 e. The second-order valence-electron chi connectivity index (χ2n) is 3.77. The Hall–Kier alpha value is -1.15. The molecule has 18 heavy (non-hydrogen) atoms. The zero-order chi connectivity index (χ0) is 13.4. The van der Waals surface area contributed by atoms with E-state index in [1.165, 1.54) is 11.8 Å². The summed E-state index contributed by atoms with van der Waals surface area (Å²) in [4.78, 5) is 16.4. The van der Waals surface area contributed by atoms with Crippen molar-refractivity contribution in [3.63, 3.8) is 0 Å². The summed E-state index contributed by atoms with van der Waals surface area (Å²) in [6, 6.07) is 3.55. The van der Waals surface area contributed by atoms with Crippen LogP contribution in [0.2, 0.25) is 0 Å². The quantitative estimate of drug-likeness (QED) is 0.475. The molecule has 0 aliphatic heterocycles. The minimum absolute atomic E-state index is 0.131. The molecule has 0 unspecified atom stereocenters. The highest BCUT2D eigenvalue weighted by Crippen LogP contribution is 2.16. The van der Waals surface area contributed by atoms with E-state index in [1.54, 1.807) is 24.5 Å². The Morgan fingerprint density at radius 2 is 1.78 bits per heavy atom. The lowest BCUT2D eigenvalue weighted by Crippen LogP contribution is -2.57. The Labute approximate surface area is 109 Å². The molecule has 6 nitrogen and oxygen atoms in total. The number of carbonyl (C=O) groups excluding carboxylic acids is 1. The number of amides is 1. The van der Waals surface area contributed by atoms with Crippen LogP contribution in [0, 0.1) is 0 Å². The highest BCUT2D eigenvalue weighted by molar-refractivity contribution is 8.00. The number of pyridine rings is 1. The molecule has 1 aromatic heterocycles. The van der Waals surface area contributed by atoms with E-state index in [2.05, 4.69) is 10.3 Å². The Balaban J connectivity index is 2.46. The Morgan fingerprint density at radius 1 is 1.22 bits per heavy atom. The van der Waals surface area contributed by atoms with Crippen LogP contribution in [-0.2, 0) is 4.79 Å². The molecule has 0 fully saturated rings. The molecule has 1 aromatic rings. The number of thioether (sulfide) groups is 1. The lowest BCUT2D eigenvalue weighted by atomic mass is 10.0. The number of aliphatic hydroxyl groups is 3. The first-order valence-electron chi connectivity index (χ1n) is 5.32. The number of hydrogen-bond donors (Lipinski definition) is 4. The van der Waals surface area contributed by atoms with Crippen molar-refractivity contribution in [2.24, 2.45) is 0 Å². The standard InChI is InChI=1S/C11H16N2O4S/c14-6-11(7-15,8-16)13-10(17)5-18-9-1-3-12-4-2-9/h1-4,14-16H,5-8H2,(H,13,17). The van der Waals surface area contributed by atoms with Gasteiger partial charge in [0.1, 0.15) is 5.54 Å². The van der Waals surface area contributed by atoms with Gasteiger partial charge >= 0.3 is 0 Å². The molecule has 0 aliphatic carbocycles. The summed E-state index contributed by atoms with van der Waals surface area (Å²) in [5.74, 6) is -0.236. The van der Waals surface area contributed by atoms with Crippen LogP contribution >= 0.6 is 11.8 Å². The Morgan fingerprint density at radius 3 is 2.28 bits per heavy atom. The van der Waals surface area contributed by atoms with Gasteiger partial charge in [0.15, 0.2) is 0 Å². The van der Waals surface area contributed by atoms with Crippen molar-refractivity contribution in [3.8, 4) is 0 Å². The molecule has 0 saturated heterocycles.